The fraction of sp³-hybridized carbons (Fsp3) is 0.353. The molecule has 1 aliphatic rings. The average molecular weight is 302 g/mol. The Kier molecular flexibility index (Phi) is 4.54. The zero-order valence-corrected chi connectivity index (χ0v) is 13.0. The quantitative estimate of drug-likeness (QED) is 0.944. The number of nitrogens with zero attached hydrogens (tertiary/aromatic N) is 2. The number of halogens is 1. The van der Waals surface area contributed by atoms with Gasteiger partial charge in [0.05, 0.1) is 11.7 Å². The Hall–Kier alpha value is -1.42. The Morgan fingerprint density at radius 2 is 2.00 bits per heavy atom. The van der Waals surface area contributed by atoms with Crippen molar-refractivity contribution in [2.75, 3.05) is 26.2 Å². The maximum absolute atomic E-state index is 6.20. The third-order valence-electron chi connectivity index (χ3n) is 3.99. The highest BCUT2D eigenvalue weighted by molar-refractivity contribution is 6.30. The van der Waals surface area contributed by atoms with Gasteiger partial charge in [-0.25, -0.2) is 0 Å². The lowest BCUT2D eigenvalue weighted by Crippen LogP contribution is -2.45. The number of piperazine rings is 1. The summed E-state index contributed by atoms with van der Waals surface area (Å²) in [7, 11) is 0. The summed E-state index contributed by atoms with van der Waals surface area (Å²) in [6.45, 7) is 6.20. The molecule has 2 heterocycles. The Labute approximate surface area is 131 Å². The summed E-state index contributed by atoms with van der Waals surface area (Å²) in [5, 5.41) is 4.19. The van der Waals surface area contributed by atoms with Crippen LogP contribution in [-0.2, 0) is 0 Å². The first-order chi connectivity index (χ1) is 10.3. The molecule has 1 saturated heterocycles. The molecule has 110 valence electrons. The summed E-state index contributed by atoms with van der Waals surface area (Å²) in [5.74, 6) is 0. The number of aryl methyl sites for hydroxylation is 1. The molecular weight excluding hydrogens is 282 g/mol. The topological polar surface area (TPSA) is 28.2 Å². The number of aromatic nitrogens is 1. The van der Waals surface area contributed by atoms with Gasteiger partial charge in [0.25, 0.3) is 0 Å². The fourth-order valence-corrected chi connectivity index (χ4v) is 3.14. The minimum Gasteiger partial charge on any atom is -0.314 e. The van der Waals surface area contributed by atoms with Gasteiger partial charge in [-0.15, -0.1) is 0 Å². The van der Waals surface area contributed by atoms with Crippen LogP contribution in [0.1, 0.15) is 22.9 Å². The number of hydrogen-bond donors (Lipinski definition) is 1. The molecule has 4 heteroatoms. The van der Waals surface area contributed by atoms with Gasteiger partial charge >= 0.3 is 0 Å². The minimum absolute atomic E-state index is 0.173. The van der Waals surface area contributed by atoms with Crippen molar-refractivity contribution in [1.82, 2.24) is 15.2 Å². The van der Waals surface area contributed by atoms with Gasteiger partial charge in [-0.2, -0.15) is 0 Å². The molecule has 1 fully saturated rings. The molecule has 0 spiro atoms. The van der Waals surface area contributed by atoms with Crippen molar-refractivity contribution >= 4 is 11.6 Å². The molecule has 0 amide bonds. The minimum atomic E-state index is 0.173. The van der Waals surface area contributed by atoms with Crippen LogP contribution in [-0.4, -0.2) is 36.1 Å². The van der Waals surface area contributed by atoms with E-state index in [-0.39, 0.29) is 6.04 Å². The van der Waals surface area contributed by atoms with Crippen LogP contribution in [0.25, 0.3) is 0 Å². The van der Waals surface area contributed by atoms with E-state index < -0.39 is 0 Å². The predicted molar refractivity (Wildman–Crippen MR) is 86.7 cm³/mol. The first kappa shape index (κ1) is 14.5. The molecule has 0 saturated carbocycles. The highest BCUT2D eigenvalue weighted by Crippen LogP contribution is 2.30. The Morgan fingerprint density at radius 3 is 2.71 bits per heavy atom. The van der Waals surface area contributed by atoms with Crippen LogP contribution in [0, 0.1) is 6.92 Å². The van der Waals surface area contributed by atoms with Crippen molar-refractivity contribution in [3.8, 4) is 0 Å². The van der Waals surface area contributed by atoms with Gasteiger partial charge in [-0.1, -0.05) is 29.8 Å². The molecule has 1 aromatic carbocycles. The van der Waals surface area contributed by atoms with Crippen molar-refractivity contribution in [3.63, 3.8) is 0 Å². The monoisotopic (exact) mass is 301 g/mol. The molecule has 1 atom stereocenters. The van der Waals surface area contributed by atoms with Gasteiger partial charge in [0.1, 0.15) is 0 Å². The van der Waals surface area contributed by atoms with Gasteiger partial charge in [-0.3, -0.25) is 9.88 Å². The maximum atomic E-state index is 6.20. The van der Waals surface area contributed by atoms with Gasteiger partial charge in [0.2, 0.25) is 0 Å². The van der Waals surface area contributed by atoms with E-state index in [1.54, 1.807) is 0 Å². The Balaban J connectivity index is 2.04. The molecule has 1 unspecified atom stereocenters. The fourth-order valence-electron chi connectivity index (χ4n) is 2.94. The van der Waals surface area contributed by atoms with Crippen molar-refractivity contribution in [1.29, 1.82) is 0 Å². The van der Waals surface area contributed by atoms with Crippen molar-refractivity contribution < 1.29 is 0 Å². The Bertz CT molecular complexity index is 608. The van der Waals surface area contributed by atoms with Gasteiger partial charge in [0, 0.05) is 37.4 Å². The SMILES string of the molecule is Cc1cccnc1C(c1cccc(Cl)c1)N1CCNCC1. The first-order valence-corrected chi connectivity index (χ1v) is 7.75. The normalized spacial score (nSPS) is 17.6. The predicted octanol–water partition coefficient (Wildman–Crippen LogP) is 3.04. The van der Waals surface area contributed by atoms with Crippen LogP contribution in [0.5, 0.6) is 0 Å². The lowest BCUT2D eigenvalue weighted by Gasteiger charge is -2.35. The molecule has 0 bridgehead atoms. The Morgan fingerprint density at radius 1 is 1.19 bits per heavy atom. The molecule has 21 heavy (non-hydrogen) atoms. The van der Waals surface area contributed by atoms with Crippen LogP contribution >= 0.6 is 11.6 Å². The van der Waals surface area contributed by atoms with Crippen LogP contribution in [0.4, 0.5) is 0 Å². The summed E-state index contributed by atoms with van der Waals surface area (Å²) >= 11 is 6.20. The van der Waals surface area contributed by atoms with Crippen molar-refractivity contribution in [2.45, 2.75) is 13.0 Å². The number of pyridine rings is 1. The molecule has 1 N–H and O–H groups in total. The van der Waals surface area contributed by atoms with E-state index in [4.69, 9.17) is 11.6 Å². The molecule has 1 aromatic heterocycles. The molecular formula is C17H20ClN3. The summed E-state index contributed by atoms with van der Waals surface area (Å²) in [5.41, 5.74) is 3.56. The second-order valence-corrected chi connectivity index (χ2v) is 5.89. The van der Waals surface area contributed by atoms with Crippen LogP contribution in [0.2, 0.25) is 5.02 Å². The van der Waals surface area contributed by atoms with E-state index in [2.05, 4.69) is 40.3 Å². The lowest BCUT2D eigenvalue weighted by molar-refractivity contribution is 0.195. The summed E-state index contributed by atoms with van der Waals surface area (Å²) < 4.78 is 0. The van der Waals surface area contributed by atoms with Gasteiger partial charge < -0.3 is 5.32 Å². The molecule has 0 radical (unpaired) electrons. The van der Waals surface area contributed by atoms with Gasteiger partial charge in [-0.05, 0) is 36.2 Å². The molecule has 0 aliphatic carbocycles. The second-order valence-electron chi connectivity index (χ2n) is 5.45. The van der Waals surface area contributed by atoms with E-state index in [1.807, 2.05) is 24.4 Å². The summed E-state index contributed by atoms with van der Waals surface area (Å²) in [6.07, 6.45) is 1.88. The largest absolute Gasteiger partial charge is 0.314 e. The zero-order valence-electron chi connectivity index (χ0n) is 12.2. The molecule has 1 aliphatic heterocycles. The second kappa shape index (κ2) is 6.56. The lowest BCUT2D eigenvalue weighted by atomic mass is 9.97. The number of nitrogens with one attached hydrogen (secondary N) is 1. The van der Waals surface area contributed by atoms with E-state index in [9.17, 15) is 0 Å². The smallest absolute Gasteiger partial charge is 0.0780 e. The third kappa shape index (κ3) is 3.26. The summed E-state index contributed by atoms with van der Waals surface area (Å²) in [6, 6.07) is 12.4. The maximum Gasteiger partial charge on any atom is 0.0780 e. The third-order valence-corrected chi connectivity index (χ3v) is 4.23. The number of benzene rings is 1. The first-order valence-electron chi connectivity index (χ1n) is 7.37. The van der Waals surface area contributed by atoms with E-state index in [0.717, 1.165) is 36.9 Å². The zero-order chi connectivity index (χ0) is 14.7. The van der Waals surface area contributed by atoms with Crippen LogP contribution in [0.3, 0.4) is 0 Å². The average Bonchev–Trinajstić information content (AvgIpc) is 2.51. The highest BCUT2D eigenvalue weighted by Gasteiger charge is 2.26. The number of hydrogen-bond acceptors (Lipinski definition) is 3. The standard InChI is InChI=1S/C17H20ClN3/c1-13-4-3-7-20-16(13)17(21-10-8-19-9-11-21)14-5-2-6-15(18)12-14/h2-7,12,17,19H,8-11H2,1H3. The van der Waals surface area contributed by atoms with E-state index >= 15 is 0 Å². The highest BCUT2D eigenvalue weighted by atomic mass is 35.5. The van der Waals surface area contributed by atoms with Crippen molar-refractivity contribution in [3.05, 3.63) is 64.4 Å². The molecule has 3 rings (SSSR count). The molecule has 3 nitrogen and oxygen atoms in total. The van der Waals surface area contributed by atoms with Crippen molar-refractivity contribution in [2.24, 2.45) is 0 Å². The van der Waals surface area contributed by atoms with E-state index in [1.165, 1.54) is 11.1 Å². The van der Waals surface area contributed by atoms with Crippen LogP contribution in [0.15, 0.2) is 42.6 Å². The van der Waals surface area contributed by atoms with E-state index in [0.29, 0.717) is 0 Å². The summed E-state index contributed by atoms with van der Waals surface area (Å²) in [4.78, 5) is 7.14. The molecule has 2 aromatic rings. The van der Waals surface area contributed by atoms with Gasteiger partial charge in [0.15, 0.2) is 0 Å². The van der Waals surface area contributed by atoms with Crippen LogP contribution < -0.4 is 5.32 Å². The number of rotatable bonds is 3.